The number of carboxylic acid groups (broad SMARTS) is 1. The second-order valence-electron chi connectivity index (χ2n) is 4.37. The number of hydrogen-bond acceptors (Lipinski definition) is 4. The van der Waals surface area contributed by atoms with E-state index in [0.717, 1.165) is 12.1 Å². The fourth-order valence-electron chi connectivity index (χ4n) is 1.70. The topological polar surface area (TPSA) is 82.5 Å². The molecule has 0 aliphatic heterocycles. The smallest absolute Gasteiger partial charge is 0.317 e. The van der Waals surface area contributed by atoms with E-state index in [1.807, 2.05) is 12.3 Å². The molecule has 0 aromatic carbocycles. The van der Waals surface area contributed by atoms with Crippen LogP contribution >= 0.6 is 11.3 Å². The molecule has 1 aromatic heterocycles. The van der Waals surface area contributed by atoms with Gasteiger partial charge in [-0.1, -0.05) is 13.3 Å². The number of carbonyl (C=O) groups is 2. The summed E-state index contributed by atoms with van der Waals surface area (Å²) >= 11 is 1.48. The van der Waals surface area contributed by atoms with Crippen molar-refractivity contribution in [2.24, 2.45) is 0 Å². The third kappa shape index (κ3) is 5.69. The first-order chi connectivity index (χ1) is 9.02. The van der Waals surface area contributed by atoms with Crippen LogP contribution in [0.2, 0.25) is 0 Å². The van der Waals surface area contributed by atoms with Crippen LogP contribution in [0.15, 0.2) is 10.9 Å². The zero-order chi connectivity index (χ0) is 14.3. The Morgan fingerprint density at radius 1 is 1.58 bits per heavy atom. The third-order valence-electron chi connectivity index (χ3n) is 2.62. The van der Waals surface area contributed by atoms with Gasteiger partial charge >= 0.3 is 12.0 Å². The number of aliphatic carboxylic acids is 1. The zero-order valence-corrected chi connectivity index (χ0v) is 11.9. The van der Waals surface area contributed by atoms with Gasteiger partial charge in [0.1, 0.15) is 0 Å². The fourth-order valence-corrected chi connectivity index (χ4v) is 2.25. The van der Waals surface area contributed by atoms with Crippen molar-refractivity contribution in [2.45, 2.75) is 38.8 Å². The van der Waals surface area contributed by atoms with Crippen LogP contribution in [0.5, 0.6) is 0 Å². The van der Waals surface area contributed by atoms with E-state index >= 15 is 0 Å². The Balaban J connectivity index is 2.48. The van der Waals surface area contributed by atoms with Crippen molar-refractivity contribution < 1.29 is 14.7 Å². The number of nitrogens with zero attached hydrogens (tertiary/aromatic N) is 2. The van der Waals surface area contributed by atoms with Crippen LogP contribution in [0.3, 0.4) is 0 Å². The number of carbonyl (C=O) groups excluding carboxylic acids is 1. The summed E-state index contributed by atoms with van der Waals surface area (Å²) in [7, 11) is 1.67. The molecule has 19 heavy (non-hydrogen) atoms. The first-order valence-corrected chi connectivity index (χ1v) is 7.07. The average Bonchev–Trinajstić information content (AvgIpc) is 2.81. The van der Waals surface area contributed by atoms with Crippen LogP contribution in [0, 0.1) is 0 Å². The van der Waals surface area contributed by atoms with Gasteiger partial charge in [-0.15, -0.1) is 11.3 Å². The van der Waals surface area contributed by atoms with Crippen molar-refractivity contribution in [2.75, 3.05) is 7.05 Å². The van der Waals surface area contributed by atoms with Crippen molar-refractivity contribution in [1.29, 1.82) is 0 Å². The number of thiazole rings is 1. The van der Waals surface area contributed by atoms with Crippen molar-refractivity contribution in [3.63, 3.8) is 0 Å². The summed E-state index contributed by atoms with van der Waals surface area (Å²) in [4.78, 5) is 28.3. The number of nitrogens with one attached hydrogen (secondary N) is 1. The molecule has 7 heteroatoms. The first kappa shape index (κ1) is 15.4. The maximum Gasteiger partial charge on any atom is 0.317 e. The molecule has 0 aliphatic carbocycles. The Morgan fingerprint density at radius 2 is 2.32 bits per heavy atom. The molecule has 0 spiro atoms. The maximum absolute atomic E-state index is 11.9. The van der Waals surface area contributed by atoms with Crippen molar-refractivity contribution in [3.8, 4) is 0 Å². The number of aromatic nitrogens is 1. The van der Waals surface area contributed by atoms with Gasteiger partial charge in [-0.3, -0.25) is 4.79 Å². The lowest BCUT2D eigenvalue weighted by molar-refractivity contribution is -0.137. The van der Waals surface area contributed by atoms with Crippen LogP contribution in [-0.4, -0.2) is 40.1 Å². The number of carboxylic acids is 1. The van der Waals surface area contributed by atoms with E-state index in [-0.39, 0.29) is 18.5 Å². The highest BCUT2D eigenvalue weighted by Crippen LogP contribution is 2.06. The van der Waals surface area contributed by atoms with Gasteiger partial charge in [-0.25, -0.2) is 9.78 Å². The summed E-state index contributed by atoms with van der Waals surface area (Å²) in [6.45, 7) is 2.38. The summed E-state index contributed by atoms with van der Waals surface area (Å²) in [6.07, 6.45) is 1.43. The van der Waals surface area contributed by atoms with E-state index in [4.69, 9.17) is 5.11 Å². The van der Waals surface area contributed by atoms with E-state index in [0.29, 0.717) is 13.0 Å². The molecule has 0 bridgehead atoms. The molecule has 6 nitrogen and oxygen atoms in total. The molecular weight excluding hydrogens is 266 g/mol. The molecule has 1 unspecified atom stereocenters. The molecular formula is C12H19N3O3S. The number of rotatable bonds is 7. The molecule has 0 radical (unpaired) electrons. The van der Waals surface area contributed by atoms with Gasteiger partial charge in [0.2, 0.25) is 0 Å². The van der Waals surface area contributed by atoms with Gasteiger partial charge < -0.3 is 15.3 Å². The molecule has 0 saturated carbocycles. The molecule has 1 rings (SSSR count). The Hall–Kier alpha value is -1.63. The Labute approximate surface area is 116 Å². The predicted molar refractivity (Wildman–Crippen MR) is 73.1 cm³/mol. The Bertz CT molecular complexity index is 408. The fraction of sp³-hybridized carbons (Fsp3) is 0.583. The van der Waals surface area contributed by atoms with E-state index in [2.05, 4.69) is 10.3 Å². The molecule has 2 amide bonds. The average molecular weight is 285 g/mol. The van der Waals surface area contributed by atoms with Crippen LogP contribution in [0.1, 0.15) is 31.9 Å². The summed E-state index contributed by atoms with van der Waals surface area (Å²) in [5.41, 5.74) is 2.54. The largest absolute Gasteiger partial charge is 0.481 e. The maximum atomic E-state index is 11.9. The minimum atomic E-state index is -0.902. The molecule has 2 N–H and O–H groups in total. The van der Waals surface area contributed by atoms with Crippen LogP contribution < -0.4 is 5.32 Å². The van der Waals surface area contributed by atoms with E-state index in [1.165, 1.54) is 16.2 Å². The molecule has 1 atom stereocenters. The van der Waals surface area contributed by atoms with E-state index < -0.39 is 5.97 Å². The highest BCUT2D eigenvalue weighted by atomic mass is 32.1. The number of hydrogen-bond donors (Lipinski definition) is 2. The second kappa shape index (κ2) is 7.73. The number of amides is 2. The summed E-state index contributed by atoms with van der Waals surface area (Å²) < 4.78 is 0. The third-order valence-corrected chi connectivity index (χ3v) is 3.25. The van der Waals surface area contributed by atoms with Crippen LogP contribution in [0.4, 0.5) is 4.79 Å². The molecule has 106 valence electrons. The van der Waals surface area contributed by atoms with Gasteiger partial charge in [0, 0.05) is 18.5 Å². The molecule has 1 heterocycles. The van der Waals surface area contributed by atoms with Gasteiger partial charge in [-0.05, 0) is 6.42 Å². The standard InChI is InChI=1S/C12H19N3O3S/c1-3-4-9(5-11(16)17)14-12(18)15(2)6-10-7-19-8-13-10/h7-9H,3-6H2,1-2H3,(H,14,18)(H,16,17). The second-order valence-corrected chi connectivity index (χ2v) is 5.09. The normalized spacial score (nSPS) is 11.9. The molecule has 0 fully saturated rings. The molecule has 0 aliphatic rings. The predicted octanol–water partition coefficient (Wildman–Crippen LogP) is 1.93. The lowest BCUT2D eigenvalue weighted by Gasteiger charge is -2.22. The van der Waals surface area contributed by atoms with Gasteiger partial charge in [-0.2, -0.15) is 0 Å². The van der Waals surface area contributed by atoms with Crippen LogP contribution in [-0.2, 0) is 11.3 Å². The Kier molecular flexibility index (Phi) is 6.27. The van der Waals surface area contributed by atoms with Gasteiger partial charge in [0.15, 0.2) is 0 Å². The van der Waals surface area contributed by atoms with Crippen LogP contribution in [0.25, 0.3) is 0 Å². The van der Waals surface area contributed by atoms with Crippen molar-refractivity contribution in [3.05, 3.63) is 16.6 Å². The van der Waals surface area contributed by atoms with Crippen molar-refractivity contribution >= 4 is 23.3 Å². The lowest BCUT2D eigenvalue weighted by atomic mass is 10.1. The highest BCUT2D eigenvalue weighted by Gasteiger charge is 2.17. The lowest BCUT2D eigenvalue weighted by Crippen LogP contribution is -2.43. The minimum Gasteiger partial charge on any atom is -0.481 e. The quantitative estimate of drug-likeness (QED) is 0.802. The Morgan fingerprint density at radius 3 is 2.84 bits per heavy atom. The van der Waals surface area contributed by atoms with Crippen molar-refractivity contribution in [1.82, 2.24) is 15.2 Å². The van der Waals surface area contributed by atoms with Gasteiger partial charge in [0.25, 0.3) is 0 Å². The van der Waals surface area contributed by atoms with Gasteiger partial charge in [0.05, 0.1) is 24.2 Å². The molecule has 0 saturated heterocycles. The monoisotopic (exact) mass is 285 g/mol. The van der Waals surface area contributed by atoms with E-state index in [1.54, 1.807) is 12.6 Å². The number of urea groups is 1. The summed E-state index contributed by atoms with van der Waals surface area (Å²) in [5, 5.41) is 13.4. The zero-order valence-electron chi connectivity index (χ0n) is 11.1. The first-order valence-electron chi connectivity index (χ1n) is 6.13. The summed E-state index contributed by atoms with van der Waals surface area (Å²) in [5.74, 6) is -0.902. The summed E-state index contributed by atoms with van der Waals surface area (Å²) in [6, 6.07) is -0.597. The molecule has 1 aromatic rings. The SMILES string of the molecule is CCCC(CC(=O)O)NC(=O)N(C)Cc1cscn1. The minimum absolute atomic E-state index is 0.0515. The highest BCUT2D eigenvalue weighted by molar-refractivity contribution is 7.07. The van der Waals surface area contributed by atoms with E-state index in [9.17, 15) is 9.59 Å².